The molecule has 0 saturated heterocycles. The molecular formula is C40H38FN3O4S. The minimum absolute atomic E-state index is 0.150. The van der Waals surface area contributed by atoms with E-state index < -0.39 is 17.0 Å². The van der Waals surface area contributed by atoms with E-state index in [2.05, 4.69) is 9.88 Å². The van der Waals surface area contributed by atoms with E-state index in [1.165, 1.54) is 6.07 Å². The molecule has 7 nitrogen and oxygen atoms in total. The topological polar surface area (TPSA) is 79.8 Å². The summed E-state index contributed by atoms with van der Waals surface area (Å²) >= 11 is -1.59. The zero-order chi connectivity index (χ0) is 34.0. The lowest BCUT2D eigenvalue weighted by Crippen LogP contribution is -2.20. The molecule has 0 aliphatic carbocycles. The van der Waals surface area contributed by atoms with Gasteiger partial charge in [-0.25, -0.2) is 4.39 Å². The van der Waals surface area contributed by atoms with Gasteiger partial charge < -0.3 is 23.7 Å². The summed E-state index contributed by atoms with van der Waals surface area (Å²) in [6, 6.07) is 34.0. The Labute approximate surface area is 289 Å². The second kappa shape index (κ2) is 16.4. The van der Waals surface area contributed by atoms with Crippen molar-refractivity contribution in [3.05, 3.63) is 156 Å². The fourth-order valence-electron chi connectivity index (χ4n) is 5.65. The van der Waals surface area contributed by atoms with Crippen molar-refractivity contribution in [2.45, 2.75) is 30.8 Å². The van der Waals surface area contributed by atoms with E-state index in [4.69, 9.17) is 19.2 Å². The van der Waals surface area contributed by atoms with Crippen LogP contribution >= 0.6 is 0 Å². The molecule has 2 heterocycles. The van der Waals surface area contributed by atoms with Gasteiger partial charge in [0, 0.05) is 48.0 Å². The van der Waals surface area contributed by atoms with E-state index in [9.17, 15) is 4.55 Å². The van der Waals surface area contributed by atoms with Crippen LogP contribution in [0.1, 0.15) is 34.9 Å². The molecule has 1 aliphatic heterocycles. The fourth-order valence-corrected chi connectivity index (χ4v) is 6.67. The second-order valence-electron chi connectivity index (χ2n) is 11.5. The zero-order valence-corrected chi connectivity index (χ0v) is 28.3. The van der Waals surface area contributed by atoms with Crippen LogP contribution in [0.25, 0.3) is 16.8 Å². The molecule has 0 amide bonds. The van der Waals surface area contributed by atoms with E-state index in [-0.39, 0.29) is 17.0 Å². The summed E-state index contributed by atoms with van der Waals surface area (Å²) in [6.07, 6.45) is 6.24. The summed E-state index contributed by atoms with van der Waals surface area (Å²) in [5, 5.41) is 0.150. The maximum Gasteiger partial charge on any atom is 0.343 e. The Morgan fingerprint density at radius 2 is 1.53 bits per heavy atom. The van der Waals surface area contributed by atoms with E-state index in [0.29, 0.717) is 54.6 Å². The fraction of sp³-hybridized carbons (Fsp3) is 0.200. The van der Waals surface area contributed by atoms with Crippen LogP contribution in [0.2, 0.25) is 0 Å². The standard InChI is InChI=1S/C40H38FN3O4S/c1-46-38-20-19-30(24-39(38)47-2)26-44-22-11-16-32(27-44)35-25-36(33-17-9-10-18-34(33)41)43-40(42-35)49(45)23-21-37(31-14-7-4-8-15-31)48-28-29-12-5-3-6-13-29/h3-20,24-25,27,37H,21-23,26,28H2,1-2H3. The summed E-state index contributed by atoms with van der Waals surface area (Å²) in [6.45, 7) is 1.73. The third-order valence-electron chi connectivity index (χ3n) is 8.18. The summed E-state index contributed by atoms with van der Waals surface area (Å²) in [5.41, 5.74) is 5.16. The molecule has 0 bridgehead atoms. The molecule has 2 atom stereocenters. The van der Waals surface area contributed by atoms with Gasteiger partial charge in [0.15, 0.2) is 11.5 Å². The van der Waals surface area contributed by atoms with Crippen molar-refractivity contribution in [1.29, 1.82) is 0 Å². The van der Waals surface area contributed by atoms with Gasteiger partial charge in [-0.1, -0.05) is 91.0 Å². The number of halogens is 1. The maximum absolute atomic E-state index is 15.1. The third-order valence-corrected chi connectivity index (χ3v) is 9.37. The molecular weight excluding hydrogens is 638 g/mol. The smallest absolute Gasteiger partial charge is 0.343 e. The van der Waals surface area contributed by atoms with Crippen molar-refractivity contribution >= 4 is 16.7 Å². The average Bonchev–Trinajstić information content (AvgIpc) is 3.15. The van der Waals surface area contributed by atoms with Crippen molar-refractivity contribution in [2.24, 2.45) is 0 Å². The number of aromatic nitrogens is 2. The number of hydrogen-bond donors (Lipinski definition) is 0. The molecule has 250 valence electrons. The second-order valence-corrected chi connectivity index (χ2v) is 13.0. The van der Waals surface area contributed by atoms with Crippen LogP contribution in [-0.2, 0) is 29.1 Å². The zero-order valence-electron chi connectivity index (χ0n) is 27.5. The minimum Gasteiger partial charge on any atom is -0.609 e. The first-order chi connectivity index (χ1) is 24.0. The molecule has 9 heteroatoms. The highest BCUT2D eigenvalue weighted by molar-refractivity contribution is 7.91. The molecule has 1 aromatic heterocycles. The first kappa shape index (κ1) is 33.9. The van der Waals surface area contributed by atoms with Crippen molar-refractivity contribution in [1.82, 2.24) is 14.9 Å². The number of benzene rings is 4. The minimum atomic E-state index is -1.59. The Hall–Kier alpha value is -4.96. The number of methoxy groups -OCH3 is 2. The summed E-state index contributed by atoms with van der Waals surface area (Å²) in [7, 11) is 3.23. The van der Waals surface area contributed by atoms with Gasteiger partial charge in [-0.3, -0.25) is 0 Å². The lowest BCUT2D eigenvalue weighted by molar-refractivity contribution is 0.0376. The predicted molar refractivity (Wildman–Crippen MR) is 191 cm³/mol. The van der Waals surface area contributed by atoms with Crippen LogP contribution in [0.15, 0.2) is 133 Å². The SMILES string of the molecule is COc1ccc(CN2C=C(c3cc(-c4ccccc4F)nc([S+]([O-])CCC(OCc4ccccc4)c4ccccc4)n3)C=CC2)cc1OC. The predicted octanol–water partition coefficient (Wildman–Crippen LogP) is 8.17. The first-order valence-corrected chi connectivity index (χ1v) is 17.4. The van der Waals surface area contributed by atoms with Gasteiger partial charge in [0.1, 0.15) is 11.6 Å². The Morgan fingerprint density at radius 1 is 0.816 bits per heavy atom. The van der Waals surface area contributed by atoms with Crippen molar-refractivity contribution in [3.63, 3.8) is 0 Å². The molecule has 49 heavy (non-hydrogen) atoms. The number of nitrogens with zero attached hydrogens (tertiary/aromatic N) is 3. The molecule has 0 spiro atoms. The molecule has 0 saturated carbocycles. The lowest BCUT2D eigenvalue weighted by Gasteiger charge is -2.24. The Bertz CT molecular complexity index is 1910. The van der Waals surface area contributed by atoms with Gasteiger partial charge in [-0.2, -0.15) is 9.97 Å². The van der Waals surface area contributed by atoms with Gasteiger partial charge >= 0.3 is 5.16 Å². The van der Waals surface area contributed by atoms with E-state index in [1.54, 1.807) is 38.5 Å². The van der Waals surface area contributed by atoms with Gasteiger partial charge in [0.2, 0.25) is 0 Å². The van der Waals surface area contributed by atoms with E-state index in [0.717, 1.165) is 22.3 Å². The highest BCUT2D eigenvalue weighted by Crippen LogP contribution is 2.31. The van der Waals surface area contributed by atoms with Gasteiger partial charge in [0.25, 0.3) is 0 Å². The first-order valence-electron chi connectivity index (χ1n) is 16.1. The lowest BCUT2D eigenvalue weighted by atomic mass is 10.1. The van der Waals surface area contributed by atoms with Gasteiger partial charge in [-0.15, -0.1) is 0 Å². The van der Waals surface area contributed by atoms with Crippen molar-refractivity contribution in [3.8, 4) is 22.8 Å². The largest absolute Gasteiger partial charge is 0.609 e. The number of hydrogen-bond acceptors (Lipinski definition) is 7. The van der Waals surface area contributed by atoms with Gasteiger partial charge in [0.05, 0.1) is 38.3 Å². The number of ether oxygens (including phenoxy) is 3. The van der Waals surface area contributed by atoms with Crippen LogP contribution in [0.4, 0.5) is 4.39 Å². The third kappa shape index (κ3) is 8.75. The van der Waals surface area contributed by atoms with Crippen molar-refractivity contribution < 1.29 is 23.2 Å². The molecule has 5 aromatic rings. The maximum atomic E-state index is 15.1. The highest BCUT2D eigenvalue weighted by Gasteiger charge is 2.24. The Balaban J connectivity index is 1.26. The monoisotopic (exact) mass is 675 g/mol. The van der Waals surface area contributed by atoms with Crippen LogP contribution in [-0.4, -0.2) is 45.9 Å². The summed E-state index contributed by atoms with van der Waals surface area (Å²) in [4.78, 5) is 11.6. The molecule has 4 aromatic carbocycles. The summed E-state index contributed by atoms with van der Waals surface area (Å²) < 4.78 is 46.2. The molecule has 6 rings (SSSR count). The van der Waals surface area contributed by atoms with Crippen LogP contribution in [0, 0.1) is 5.82 Å². The van der Waals surface area contributed by atoms with Crippen LogP contribution in [0.3, 0.4) is 0 Å². The van der Waals surface area contributed by atoms with Crippen LogP contribution in [0.5, 0.6) is 11.5 Å². The number of allylic oxidation sites excluding steroid dienone is 2. The summed E-state index contributed by atoms with van der Waals surface area (Å²) in [5.74, 6) is 1.18. The molecule has 2 unspecified atom stereocenters. The molecule has 1 aliphatic rings. The van der Waals surface area contributed by atoms with Crippen LogP contribution < -0.4 is 9.47 Å². The highest BCUT2D eigenvalue weighted by atomic mass is 32.2. The Morgan fingerprint density at radius 3 is 2.29 bits per heavy atom. The normalized spacial score (nSPS) is 13.9. The molecule has 0 fully saturated rings. The van der Waals surface area contributed by atoms with E-state index in [1.807, 2.05) is 97.2 Å². The quantitative estimate of drug-likeness (QED) is 0.0868. The molecule has 0 N–H and O–H groups in total. The van der Waals surface area contributed by atoms with Crippen molar-refractivity contribution in [2.75, 3.05) is 26.5 Å². The Kier molecular flexibility index (Phi) is 11.4. The molecule has 0 radical (unpaired) electrons. The average molecular weight is 676 g/mol. The number of rotatable bonds is 14. The van der Waals surface area contributed by atoms with E-state index >= 15 is 4.39 Å². The van der Waals surface area contributed by atoms with Gasteiger partial charge in [-0.05, 0) is 47.0 Å².